The largest absolute Gasteiger partial charge is 0.377 e. The molecule has 9 heteroatoms. The number of carbonyl (C=O) groups is 2. The lowest BCUT2D eigenvalue weighted by atomic mass is 10.0. The van der Waals surface area contributed by atoms with E-state index in [9.17, 15) is 18.0 Å². The first-order chi connectivity index (χ1) is 13.6. The predicted molar refractivity (Wildman–Crippen MR) is 110 cm³/mol. The Morgan fingerprint density at radius 1 is 1.28 bits per heavy atom. The highest BCUT2D eigenvalue weighted by molar-refractivity contribution is 7.89. The van der Waals surface area contributed by atoms with Crippen LogP contribution in [-0.4, -0.2) is 64.5 Å². The summed E-state index contributed by atoms with van der Waals surface area (Å²) in [5.74, 6) is -0.478. The highest BCUT2D eigenvalue weighted by atomic mass is 32.2. The van der Waals surface area contributed by atoms with Crippen molar-refractivity contribution in [3.05, 3.63) is 29.8 Å². The summed E-state index contributed by atoms with van der Waals surface area (Å²) in [6, 6.07) is 5.13. The fraction of sp³-hybridized carbons (Fsp3) is 0.600. The Morgan fingerprint density at radius 3 is 2.59 bits per heavy atom. The molecule has 1 aliphatic rings. The third kappa shape index (κ3) is 6.80. The standard InChI is InChI=1S/C20H31N3O5S/c1-14(2)11-18(20(25)23(3)4)22-19(24)15-7-5-9-17(12-15)29(26,27)21-13-16-8-6-10-28-16/h5,7,9,12,14,16,18,21H,6,8,10-11,13H2,1-4H3,(H,22,24)/t16-,18+/m1/s1. The quantitative estimate of drug-likeness (QED) is 0.622. The van der Waals surface area contributed by atoms with Crippen LogP contribution in [0.15, 0.2) is 29.2 Å². The Morgan fingerprint density at radius 2 is 2.00 bits per heavy atom. The molecule has 0 aromatic heterocycles. The highest BCUT2D eigenvalue weighted by Gasteiger charge is 2.25. The Labute approximate surface area is 173 Å². The van der Waals surface area contributed by atoms with Crippen LogP contribution >= 0.6 is 0 Å². The van der Waals surface area contributed by atoms with Gasteiger partial charge in [-0.2, -0.15) is 0 Å². The van der Waals surface area contributed by atoms with Crippen LogP contribution in [0, 0.1) is 5.92 Å². The SMILES string of the molecule is CC(C)C[C@H](NC(=O)c1cccc(S(=O)(=O)NC[C@H]2CCCO2)c1)C(=O)N(C)C. The number of ether oxygens (including phenoxy) is 1. The van der Waals surface area contributed by atoms with Crippen molar-refractivity contribution in [1.82, 2.24) is 14.9 Å². The molecule has 0 spiro atoms. The van der Waals surface area contributed by atoms with Crippen molar-refractivity contribution in [3.63, 3.8) is 0 Å². The van der Waals surface area contributed by atoms with Crippen molar-refractivity contribution in [2.75, 3.05) is 27.2 Å². The zero-order valence-corrected chi connectivity index (χ0v) is 18.3. The van der Waals surface area contributed by atoms with Gasteiger partial charge in [0.05, 0.1) is 11.0 Å². The third-order valence-corrected chi connectivity index (χ3v) is 6.10. The van der Waals surface area contributed by atoms with Gasteiger partial charge in [-0.1, -0.05) is 19.9 Å². The lowest BCUT2D eigenvalue weighted by Gasteiger charge is -2.23. The van der Waals surface area contributed by atoms with Crippen LogP contribution in [0.5, 0.6) is 0 Å². The number of sulfonamides is 1. The number of carbonyl (C=O) groups excluding carboxylic acids is 2. The molecular weight excluding hydrogens is 394 g/mol. The van der Waals surface area contributed by atoms with E-state index in [2.05, 4.69) is 10.0 Å². The maximum Gasteiger partial charge on any atom is 0.251 e. The molecule has 0 saturated carbocycles. The van der Waals surface area contributed by atoms with Crippen molar-refractivity contribution in [2.45, 2.75) is 50.2 Å². The normalized spacial score (nSPS) is 17.9. The smallest absolute Gasteiger partial charge is 0.251 e. The minimum atomic E-state index is -3.77. The molecule has 0 radical (unpaired) electrons. The number of nitrogens with zero attached hydrogens (tertiary/aromatic N) is 1. The maximum atomic E-state index is 12.7. The number of nitrogens with one attached hydrogen (secondary N) is 2. The number of benzene rings is 1. The molecule has 2 N–H and O–H groups in total. The minimum Gasteiger partial charge on any atom is -0.377 e. The molecule has 0 aliphatic carbocycles. The molecule has 0 bridgehead atoms. The molecule has 8 nitrogen and oxygen atoms in total. The molecule has 1 saturated heterocycles. The van der Waals surface area contributed by atoms with Crippen molar-refractivity contribution in [3.8, 4) is 0 Å². The van der Waals surface area contributed by atoms with Crippen molar-refractivity contribution in [2.24, 2.45) is 5.92 Å². The van der Waals surface area contributed by atoms with Crippen molar-refractivity contribution in [1.29, 1.82) is 0 Å². The summed E-state index contributed by atoms with van der Waals surface area (Å²) in [5.41, 5.74) is 0.185. The molecule has 2 rings (SSSR count). The molecule has 1 aromatic carbocycles. The van der Waals surface area contributed by atoms with E-state index in [-0.39, 0.29) is 34.9 Å². The summed E-state index contributed by atoms with van der Waals surface area (Å²) in [6.07, 6.45) is 2.11. The lowest BCUT2D eigenvalue weighted by molar-refractivity contribution is -0.131. The van der Waals surface area contributed by atoms with Gasteiger partial charge < -0.3 is 15.0 Å². The molecular formula is C20H31N3O5S. The lowest BCUT2D eigenvalue weighted by Crippen LogP contribution is -2.47. The summed E-state index contributed by atoms with van der Waals surface area (Å²) in [5, 5.41) is 2.74. The fourth-order valence-electron chi connectivity index (χ4n) is 3.14. The molecule has 1 aromatic rings. The van der Waals surface area contributed by atoms with Gasteiger partial charge in [-0.15, -0.1) is 0 Å². The second kappa shape index (κ2) is 10.2. The van der Waals surface area contributed by atoms with E-state index in [1.165, 1.54) is 29.2 Å². The number of hydrogen-bond donors (Lipinski definition) is 2. The number of amides is 2. The summed E-state index contributed by atoms with van der Waals surface area (Å²) < 4.78 is 33.1. The van der Waals surface area contributed by atoms with Crippen LogP contribution in [0.2, 0.25) is 0 Å². The summed E-state index contributed by atoms with van der Waals surface area (Å²) in [6.45, 7) is 4.78. The van der Waals surface area contributed by atoms with Gasteiger partial charge in [-0.3, -0.25) is 9.59 Å². The fourth-order valence-corrected chi connectivity index (χ4v) is 4.25. The van der Waals surface area contributed by atoms with Gasteiger partial charge in [-0.05, 0) is 43.4 Å². The molecule has 1 heterocycles. The second-order valence-corrected chi connectivity index (χ2v) is 9.67. The Hall–Kier alpha value is -1.97. The molecule has 2 amide bonds. The number of rotatable bonds is 9. The zero-order chi connectivity index (χ0) is 21.6. The molecule has 1 fully saturated rings. The first kappa shape index (κ1) is 23.3. The second-order valence-electron chi connectivity index (χ2n) is 7.90. The first-order valence-corrected chi connectivity index (χ1v) is 11.3. The average Bonchev–Trinajstić information content (AvgIpc) is 3.18. The highest BCUT2D eigenvalue weighted by Crippen LogP contribution is 2.15. The van der Waals surface area contributed by atoms with Crippen LogP contribution in [0.3, 0.4) is 0 Å². The van der Waals surface area contributed by atoms with E-state index >= 15 is 0 Å². The first-order valence-electron chi connectivity index (χ1n) is 9.83. The Balaban J connectivity index is 2.11. The van der Waals surface area contributed by atoms with Crippen LogP contribution in [-0.2, 0) is 19.6 Å². The zero-order valence-electron chi connectivity index (χ0n) is 17.5. The van der Waals surface area contributed by atoms with E-state index in [0.717, 1.165) is 12.8 Å². The number of likely N-dealkylation sites (N-methyl/N-ethyl adjacent to an activating group) is 1. The summed E-state index contributed by atoms with van der Waals surface area (Å²) in [7, 11) is -0.499. The van der Waals surface area contributed by atoms with Gasteiger partial charge in [0.1, 0.15) is 6.04 Å². The van der Waals surface area contributed by atoms with Crippen molar-refractivity contribution >= 4 is 21.8 Å². The van der Waals surface area contributed by atoms with E-state index in [0.29, 0.717) is 13.0 Å². The van der Waals surface area contributed by atoms with Gasteiger partial charge in [0.25, 0.3) is 5.91 Å². The summed E-state index contributed by atoms with van der Waals surface area (Å²) in [4.78, 5) is 26.5. The Bertz CT molecular complexity index is 817. The monoisotopic (exact) mass is 425 g/mol. The van der Waals surface area contributed by atoms with Gasteiger partial charge in [-0.25, -0.2) is 13.1 Å². The third-order valence-electron chi connectivity index (χ3n) is 4.68. The number of hydrogen-bond acceptors (Lipinski definition) is 5. The van der Waals surface area contributed by atoms with Gasteiger partial charge >= 0.3 is 0 Å². The molecule has 29 heavy (non-hydrogen) atoms. The molecule has 162 valence electrons. The average molecular weight is 426 g/mol. The van der Waals surface area contributed by atoms with E-state index in [1.807, 2.05) is 13.8 Å². The summed E-state index contributed by atoms with van der Waals surface area (Å²) >= 11 is 0. The van der Waals surface area contributed by atoms with E-state index in [4.69, 9.17) is 4.74 Å². The van der Waals surface area contributed by atoms with Crippen LogP contribution in [0.4, 0.5) is 0 Å². The van der Waals surface area contributed by atoms with Crippen LogP contribution in [0.25, 0.3) is 0 Å². The van der Waals surface area contributed by atoms with E-state index < -0.39 is 22.0 Å². The molecule has 2 atom stereocenters. The maximum absolute atomic E-state index is 12.7. The molecule has 0 unspecified atom stereocenters. The predicted octanol–water partition coefficient (Wildman–Crippen LogP) is 1.38. The molecule has 1 aliphatic heterocycles. The van der Waals surface area contributed by atoms with Crippen LogP contribution in [0.1, 0.15) is 43.5 Å². The van der Waals surface area contributed by atoms with Gasteiger partial charge in [0.15, 0.2) is 0 Å². The van der Waals surface area contributed by atoms with Gasteiger partial charge in [0, 0.05) is 32.8 Å². The van der Waals surface area contributed by atoms with Crippen molar-refractivity contribution < 1.29 is 22.7 Å². The van der Waals surface area contributed by atoms with E-state index in [1.54, 1.807) is 14.1 Å². The topological polar surface area (TPSA) is 105 Å². The minimum absolute atomic E-state index is 0.00231. The van der Waals surface area contributed by atoms with Crippen LogP contribution < -0.4 is 10.0 Å². The Kier molecular flexibility index (Phi) is 8.18. The van der Waals surface area contributed by atoms with Gasteiger partial charge in [0.2, 0.25) is 15.9 Å².